The Morgan fingerprint density at radius 3 is 2.74 bits per heavy atom. The highest BCUT2D eigenvalue weighted by Crippen LogP contribution is 2.28. The smallest absolute Gasteiger partial charge is 0.265 e. The summed E-state index contributed by atoms with van der Waals surface area (Å²) in [6.45, 7) is 2.70. The van der Waals surface area contributed by atoms with Crippen LogP contribution in [0.15, 0.2) is 34.1 Å². The fourth-order valence-electron chi connectivity index (χ4n) is 1.74. The summed E-state index contributed by atoms with van der Waals surface area (Å²) in [4.78, 5) is 12.9. The van der Waals surface area contributed by atoms with E-state index in [4.69, 9.17) is 0 Å². The van der Waals surface area contributed by atoms with Crippen LogP contribution < -0.4 is 10.6 Å². The normalized spacial score (nSPS) is 10.5. The maximum Gasteiger partial charge on any atom is 0.265 e. The molecule has 0 bridgehead atoms. The van der Waals surface area contributed by atoms with Crippen molar-refractivity contribution in [2.75, 3.05) is 12.4 Å². The average Bonchev–Trinajstić information content (AvgIpc) is 2.72. The van der Waals surface area contributed by atoms with Gasteiger partial charge in [0, 0.05) is 12.2 Å². The van der Waals surface area contributed by atoms with Gasteiger partial charge < -0.3 is 10.6 Å². The number of hydrogen-bond acceptors (Lipinski definition) is 3. The van der Waals surface area contributed by atoms with Gasteiger partial charge in [-0.15, -0.1) is 11.3 Å². The third-order valence-corrected chi connectivity index (χ3v) is 4.85. The van der Waals surface area contributed by atoms with Gasteiger partial charge >= 0.3 is 0 Å². The molecule has 0 saturated carbocycles. The highest BCUT2D eigenvalue weighted by molar-refractivity contribution is 9.11. The molecular weight excluding hydrogens is 324 g/mol. The highest BCUT2D eigenvalue weighted by atomic mass is 79.9. The first-order valence-corrected chi connectivity index (χ1v) is 7.52. The lowest BCUT2D eigenvalue weighted by Gasteiger charge is -2.09. The molecule has 0 spiro atoms. The summed E-state index contributed by atoms with van der Waals surface area (Å²) in [5.74, 6) is -0.0673. The Balaban J connectivity index is 2.19. The molecule has 0 saturated heterocycles. The number of carbonyl (C=O) groups is 1. The minimum atomic E-state index is -0.0673. The second-order valence-electron chi connectivity index (χ2n) is 4.21. The Bertz CT molecular complexity index is 575. The van der Waals surface area contributed by atoms with Crippen molar-refractivity contribution >= 4 is 38.9 Å². The molecule has 2 aromatic rings. The van der Waals surface area contributed by atoms with Gasteiger partial charge in [-0.3, -0.25) is 4.79 Å². The van der Waals surface area contributed by atoms with Crippen LogP contribution in [0.4, 0.5) is 5.69 Å². The molecular formula is C14H15BrN2OS. The molecule has 1 amide bonds. The van der Waals surface area contributed by atoms with Crippen LogP contribution >= 0.6 is 27.3 Å². The van der Waals surface area contributed by atoms with E-state index in [1.807, 2.05) is 44.3 Å². The molecule has 1 aromatic heterocycles. The van der Waals surface area contributed by atoms with Crippen molar-refractivity contribution in [3.05, 3.63) is 50.1 Å². The molecule has 100 valence electrons. The van der Waals surface area contributed by atoms with Gasteiger partial charge in [-0.05, 0) is 53.2 Å². The fraction of sp³-hybridized carbons (Fsp3) is 0.214. The average molecular weight is 339 g/mol. The zero-order valence-corrected chi connectivity index (χ0v) is 13.2. The van der Waals surface area contributed by atoms with E-state index in [0.29, 0.717) is 4.88 Å². The molecule has 0 aliphatic rings. The number of hydrogen-bond donors (Lipinski definition) is 2. The van der Waals surface area contributed by atoms with Gasteiger partial charge in [-0.25, -0.2) is 0 Å². The molecule has 0 atom stereocenters. The molecule has 3 nitrogen and oxygen atoms in total. The molecule has 2 rings (SSSR count). The lowest BCUT2D eigenvalue weighted by molar-refractivity contribution is 0.103. The third-order valence-electron chi connectivity index (χ3n) is 2.71. The molecule has 1 heterocycles. The van der Waals surface area contributed by atoms with E-state index in [9.17, 15) is 4.79 Å². The van der Waals surface area contributed by atoms with E-state index >= 15 is 0 Å². The van der Waals surface area contributed by atoms with Gasteiger partial charge in [-0.2, -0.15) is 0 Å². The number of rotatable bonds is 4. The zero-order valence-electron chi connectivity index (χ0n) is 10.8. The number of thiophene rings is 1. The van der Waals surface area contributed by atoms with Crippen molar-refractivity contribution in [2.24, 2.45) is 0 Å². The van der Waals surface area contributed by atoms with Gasteiger partial charge in [0.15, 0.2) is 0 Å². The standard InChI is InChI=1S/C14H15BrN2OS/c1-9-7-12(19-13(9)15)14(18)17-11-6-4-3-5-10(11)8-16-2/h3-7,16H,8H2,1-2H3,(H,17,18). The molecule has 2 N–H and O–H groups in total. The number of halogens is 1. The predicted molar refractivity (Wildman–Crippen MR) is 83.9 cm³/mol. The first-order valence-electron chi connectivity index (χ1n) is 5.91. The Morgan fingerprint density at radius 2 is 2.11 bits per heavy atom. The summed E-state index contributed by atoms with van der Waals surface area (Å²) in [5.41, 5.74) is 3.01. The topological polar surface area (TPSA) is 41.1 Å². The second kappa shape index (κ2) is 6.32. The summed E-state index contributed by atoms with van der Waals surface area (Å²) in [5, 5.41) is 6.06. The molecule has 0 aliphatic carbocycles. The minimum Gasteiger partial charge on any atom is -0.321 e. The third kappa shape index (κ3) is 3.43. The Morgan fingerprint density at radius 1 is 1.37 bits per heavy atom. The Labute approximate surface area is 125 Å². The molecule has 0 radical (unpaired) electrons. The van der Waals surface area contributed by atoms with E-state index in [1.165, 1.54) is 11.3 Å². The number of amides is 1. The van der Waals surface area contributed by atoms with Crippen LogP contribution in [-0.4, -0.2) is 13.0 Å². The second-order valence-corrected chi connectivity index (χ2v) is 6.58. The number of carbonyl (C=O) groups excluding carboxylic acids is 1. The summed E-state index contributed by atoms with van der Waals surface area (Å²) < 4.78 is 1.00. The highest BCUT2D eigenvalue weighted by Gasteiger charge is 2.12. The van der Waals surface area contributed by atoms with Crippen molar-refractivity contribution in [1.29, 1.82) is 0 Å². The zero-order chi connectivity index (χ0) is 13.8. The van der Waals surface area contributed by atoms with E-state index in [0.717, 1.165) is 27.1 Å². The minimum absolute atomic E-state index is 0.0673. The summed E-state index contributed by atoms with van der Waals surface area (Å²) in [7, 11) is 1.89. The number of anilines is 1. The Hall–Kier alpha value is -1.17. The summed E-state index contributed by atoms with van der Waals surface area (Å²) in [6.07, 6.45) is 0. The lowest BCUT2D eigenvalue weighted by atomic mass is 10.1. The van der Waals surface area contributed by atoms with Gasteiger partial charge in [-0.1, -0.05) is 18.2 Å². The maximum absolute atomic E-state index is 12.2. The molecule has 1 aromatic carbocycles. The van der Waals surface area contributed by atoms with Gasteiger partial charge in [0.05, 0.1) is 8.66 Å². The molecule has 0 aliphatic heterocycles. The van der Waals surface area contributed by atoms with E-state index in [-0.39, 0.29) is 5.91 Å². The van der Waals surface area contributed by atoms with Crippen molar-refractivity contribution in [3.8, 4) is 0 Å². The van der Waals surface area contributed by atoms with Gasteiger partial charge in [0.1, 0.15) is 0 Å². The van der Waals surface area contributed by atoms with Crippen LogP contribution in [0.5, 0.6) is 0 Å². The summed E-state index contributed by atoms with van der Waals surface area (Å²) in [6, 6.07) is 9.70. The van der Waals surface area contributed by atoms with Crippen LogP contribution in [0.2, 0.25) is 0 Å². The molecule has 0 unspecified atom stereocenters. The van der Waals surface area contributed by atoms with Gasteiger partial charge in [0.25, 0.3) is 5.91 Å². The maximum atomic E-state index is 12.2. The van der Waals surface area contributed by atoms with E-state index in [1.54, 1.807) is 0 Å². The number of nitrogens with one attached hydrogen (secondary N) is 2. The van der Waals surface area contributed by atoms with E-state index < -0.39 is 0 Å². The SMILES string of the molecule is CNCc1ccccc1NC(=O)c1cc(C)c(Br)s1. The molecule has 19 heavy (non-hydrogen) atoms. The van der Waals surface area contributed by atoms with Gasteiger partial charge in [0.2, 0.25) is 0 Å². The van der Waals surface area contributed by atoms with Crippen LogP contribution in [0.25, 0.3) is 0 Å². The van der Waals surface area contributed by atoms with Crippen LogP contribution in [0, 0.1) is 6.92 Å². The predicted octanol–water partition coefficient (Wildman–Crippen LogP) is 3.79. The largest absolute Gasteiger partial charge is 0.321 e. The van der Waals surface area contributed by atoms with Crippen molar-refractivity contribution in [1.82, 2.24) is 5.32 Å². The Kier molecular flexibility index (Phi) is 4.74. The van der Waals surface area contributed by atoms with Crippen LogP contribution in [0.3, 0.4) is 0 Å². The number of benzene rings is 1. The first kappa shape index (κ1) is 14.2. The summed E-state index contributed by atoms with van der Waals surface area (Å²) >= 11 is 4.89. The van der Waals surface area contributed by atoms with Crippen LogP contribution in [0.1, 0.15) is 20.8 Å². The first-order chi connectivity index (χ1) is 9.11. The molecule has 0 fully saturated rings. The van der Waals surface area contributed by atoms with Crippen molar-refractivity contribution in [2.45, 2.75) is 13.5 Å². The van der Waals surface area contributed by atoms with Crippen molar-refractivity contribution < 1.29 is 4.79 Å². The lowest BCUT2D eigenvalue weighted by Crippen LogP contribution is -2.14. The fourth-order valence-corrected chi connectivity index (χ4v) is 3.17. The monoisotopic (exact) mass is 338 g/mol. The van der Waals surface area contributed by atoms with Crippen molar-refractivity contribution in [3.63, 3.8) is 0 Å². The number of para-hydroxylation sites is 1. The van der Waals surface area contributed by atoms with E-state index in [2.05, 4.69) is 26.6 Å². The number of aryl methyl sites for hydroxylation is 1. The van der Waals surface area contributed by atoms with Crippen LogP contribution in [-0.2, 0) is 6.54 Å². The quantitative estimate of drug-likeness (QED) is 0.890. The molecule has 5 heteroatoms.